The highest BCUT2D eigenvalue weighted by Crippen LogP contribution is 2.17. The molecule has 0 radical (unpaired) electrons. The first-order chi connectivity index (χ1) is 11.0. The zero-order valence-corrected chi connectivity index (χ0v) is 13.9. The van der Waals surface area contributed by atoms with Crippen LogP contribution in [0.1, 0.15) is 5.69 Å². The summed E-state index contributed by atoms with van der Waals surface area (Å²) in [6.07, 6.45) is 1.64. The second-order valence-electron chi connectivity index (χ2n) is 5.53. The third-order valence-corrected chi connectivity index (χ3v) is 4.06. The highest BCUT2D eigenvalue weighted by molar-refractivity contribution is 6.30. The van der Waals surface area contributed by atoms with E-state index in [1.54, 1.807) is 15.8 Å². The van der Waals surface area contributed by atoms with Gasteiger partial charge >= 0.3 is 6.03 Å². The molecule has 2 aromatic rings. The molecule has 7 nitrogen and oxygen atoms in total. The average Bonchev–Trinajstić information content (AvgIpc) is 2.86. The lowest BCUT2D eigenvalue weighted by molar-refractivity contribution is 0.208. The second-order valence-corrected chi connectivity index (χ2v) is 5.97. The lowest BCUT2D eigenvalue weighted by Crippen LogP contribution is -2.50. The molecular weight excluding hydrogens is 316 g/mol. The van der Waals surface area contributed by atoms with Crippen molar-refractivity contribution in [1.29, 1.82) is 0 Å². The molecule has 2 aromatic heterocycles. The van der Waals surface area contributed by atoms with E-state index in [2.05, 4.69) is 20.3 Å². The quantitative estimate of drug-likeness (QED) is 0.913. The predicted molar refractivity (Wildman–Crippen MR) is 90.0 cm³/mol. The van der Waals surface area contributed by atoms with E-state index in [4.69, 9.17) is 11.6 Å². The molecule has 0 bridgehead atoms. The molecule has 1 N–H and O–H groups in total. The SMILES string of the molecule is Cc1cc(NC(=O)N2CCN(c3ccc(Cl)cn3)CC2)n(C)n1. The zero-order chi connectivity index (χ0) is 16.4. The average molecular weight is 335 g/mol. The van der Waals surface area contributed by atoms with Crippen LogP contribution < -0.4 is 10.2 Å². The third-order valence-electron chi connectivity index (χ3n) is 3.84. The van der Waals surface area contributed by atoms with Gasteiger partial charge in [-0.15, -0.1) is 0 Å². The fourth-order valence-electron chi connectivity index (χ4n) is 2.61. The van der Waals surface area contributed by atoms with Gasteiger partial charge in [-0.2, -0.15) is 5.10 Å². The van der Waals surface area contributed by atoms with Crippen LogP contribution in [-0.4, -0.2) is 51.9 Å². The molecular formula is C15H19ClN6O. The van der Waals surface area contributed by atoms with E-state index in [0.717, 1.165) is 24.6 Å². The first-order valence-electron chi connectivity index (χ1n) is 7.46. The van der Waals surface area contributed by atoms with E-state index in [0.29, 0.717) is 23.9 Å². The number of carbonyl (C=O) groups is 1. The maximum Gasteiger partial charge on any atom is 0.323 e. The van der Waals surface area contributed by atoms with Gasteiger partial charge in [-0.05, 0) is 19.1 Å². The number of carbonyl (C=O) groups excluding carboxylic acids is 1. The van der Waals surface area contributed by atoms with Crippen LogP contribution in [-0.2, 0) is 7.05 Å². The molecule has 122 valence electrons. The fourth-order valence-corrected chi connectivity index (χ4v) is 2.72. The lowest BCUT2D eigenvalue weighted by Gasteiger charge is -2.35. The zero-order valence-electron chi connectivity index (χ0n) is 13.2. The summed E-state index contributed by atoms with van der Waals surface area (Å²) in [5, 5.41) is 7.75. The predicted octanol–water partition coefficient (Wildman–Crippen LogP) is 2.13. The fraction of sp³-hybridized carbons (Fsp3) is 0.400. The number of hydrogen-bond acceptors (Lipinski definition) is 4. The van der Waals surface area contributed by atoms with Crippen molar-refractivity contribution in [3.63, 3.8) is 0 Å². The van der Waals surface area contributed by atoms with E-state index in [1.807, 2.05) is 32.2 Å². The number of nitrogens with zero attached hydrogens (tertiary/aromatic N) is 5. The van der Waals surface area contributed by atoms with Crippen LogP contribution in [0.15, 0.2) is 24.4 Å². The monoisotopic (exact) mass is 334 g/mol. The molecule has 8 heteroatoms. The van der Waals surface area contributed by atoms with Gasteiger partial charge in [0.1, 0.15) is 11.6 Å². The van der Waals surface area contributed by atoms with Crippen LogP contribution in [0.4, 0.5) is 16.4 Å². The Morgan fingerprint density at radius 3 is 2.57 bits per heavy atom. The molecule has 1 aliphatic heterocycles. The number of hydrogen-bond donors (Lipinski definition) is 1. The van der Waals surface area contributed by atoms with E-state index in [-0.39, 0.29) is 6.03 Å². The topological polar surface area (TPSA) is 66.3 Å². The molecule has 3 heterocycles. The van der Waals surface area contributed by atoms with Gasteiger partial charge in [0.05, 0.1) is 10.7 Å². The number of amides is 2. The van der Waals surface area contributed by atoms with Crippen molar-refractivity contribution >= 4 is 29.3 Å². The van der Waals surface area contributed by atoms with Crippen LogP contribution in [0.2, 0.25) is 5.02 Å². The Hall–Kier alpha value is -2.28. The van der Waals surface area contributed by atoms with Crippen LogP contribution in [0.25, 0.3) is 0 Å². The summed E-state index contributed by atoms with van der Waals surface area (Å²) in [4.78, 5) is 20.6. The van der Waals surface area contributed by atoms with Crippen LogP contribution in [0, 0.1) is 6.92 Å². The smallest absolute Gasteiger partial charge is 0.323 e. The van der Waals surface area contributed by atoms with E-state index >= 15 is 0 Å². The molecule has 0 aromatic carbocycles. The van der Waals surface area contributed by atoms with Crippen molar-refractivity contribution in [2.24, 2.45) is 7.05 Å². The van der Waals surface area contributed by atoms with Crippen LogP contribution >= 0.6 is 11.6 Å². The molecule has 2 amide bonds. The molecule has 1 fully saturated rings. The van der Waals surface area contributed by atoms with Crippen molar-refractivity contribution in [3.05, 3.63) is 35.1 Å². The van der Waals surface area contributed by atoms with Crippen molar-refractivity contribution in [2.75, 3.05) is 36.4 Å². The Balaban J connectivity index is 1.57. The maximum atomic E-state index is 12.3. The minimum atomic E-state index is -0.100. The number of rotatable bonds is 2. The minimum absolute atomic E-state index is 0.100. The summed E-state index contributed by atoms with van der Waals surface area (Å²) >= 11 is 5.86. The summed E-state index contributed by atoms with van der Waals surface area (Å²) in [6.45, 7) is 4.67. The second kappa shape index (κ2) is 6.45. The van der Waals surface area contributed by atoms with Crippen molar-refractivity contribution in [3.8, 4) is 0 Å². The van der Waals surface area contributed by atoms with Gasteiger partial charge in [0.25, 0.3) is 0 Å². The van der Waals surface area contributed by atoms with Gasteiger partial charge in [0.15, 0.2) is 0 Å². The number of urea groups is 1. The lowest BCUT2D eigenvalue weighted by atomic mass is 10.3. The normalized spacial score (nSPS) is 14.9. The largest absolute Gasteiger partial charge is 0.353 e. The minimum Gasteiger partial charge on any atom is -0.353 e. The number of anilines is 2. The van der Waals surface area contributed by atoms with Gasteiger partial charge in [-0.1, -0.05) is 11.6 Å². The molecule has 3 rings (SSSR count). The molecule has 1 aliphatic rings. The number of aryl methyl sites for hydroxylation is 2. The Morgan fingerprint density at radius 1 is 1.26 bits per heavy atom. The van der Waals surface area contributed by atoms with E-state index < -0.39 is 0 Å². The number of piperazine rings is 1. The van der Waals surface area contributed by atoms with Gasteiger partial charge < -0.3 is 9.80 Å². The first kappa shape index (κ1) is 15.6. The molecule has 0 aliphatic carbocycles. The van der Waals surface area contributed by atoms with Crippen molar-refractivity contribution < 1.29 is 4.79 Å². The summed E-state index contributed by atoms with van der Waals surface area (Å²) < 4.78 is 1.67. The number of halogens is 1. The number of nitrogens with one attached hydrogen (secondary N) is 1. The van der Waals surface area contributed by atoms with Gasteiger partial charge in [0, 0.05) is 45.5 Å². The van der Waals surface area contributed by atoms with Crippen molar-refractivity contribution in [1.82, 2.24) is 19.7 Å². The summed E-state index contributed by atoms with van der Waals surface area (Å²) in [5.41, 5.74) is 0.876. The van der Waals surface area contributed by atoms with Gasteiger partial charge in [-0.3, -0.25) is 10.00 Å². The van der Waals surface area contributed by atoms with E-state index in [1.165, 1.54) is 0 Å². The van der Waals surface area contributed by atoms with Crippen molar-refractivity contribution in [2.45, 2.75) is 6.92 Å². The van der Waals surface area contributed by atoms with Gasteiger partial charge in [0.2, 0.25) is 0 Å². The van der Waals surface area contributed by atoms with Gasteiger partial charge in [-0.25, -0.2) is 9.78 Å². The molecule has 0 saturated carbocycles. The van der Waals surface area contributed by atoms with Crippen LogP contribution in [0.3, 0.4) is 0 Å². The van der Waals surface area contributed by atoms with Crippen LogP contribution in [0.5, 0.6) is 0 Å². The molecule has 1 saturated heterocycles. The highest BCUT2D eigenvalue weighted by atomic mass is 35.5. The maximum absolute atomic E-state index is 12.3. The highest BCUT2D eigenvalue weighted by Gasteiger charge is 2.22. The number of pyridine rings is 1. The summed E-state index contributed by atoms with van der Waals surface area (Å²) in [6, 6.07) is 5.48. The number of aromatic nitrogens is 3. The Morgan fingerprint density at radius 2 is 2.00 bits per heavy atom. The standard InChI is InChI=1S/C15H19ClN6O/c1-11-9-14(20(2)19-11)18-15(23)22-7-5-21(6-8-22)13-4-3-12(16)10-17-13/h3-4,9-10H,5-8H2,1-2H3,(H,18,23). The molecule has 0 unspecified atom stereocenters. The molecule has 0 spiro atoms. The Kier molecular flexibility index (Phi) is 4.38. The Bertz CT molecular complexity index is 690. The molecule has 0 atom stereocenters. The summed E-state index contributed by atoms with van der Waals surface area (Å²) in [7, 11) is 1.81. The third kappa shape index (κ3) is 3.56. The van der Waals surface area contributed by atoms with E-state index in [9.17, 15) is 4.79 Å². The Labute approximate surface area is 139 Å². The molecule has 23 heavy (non-hydrogen) atoms. The summed E-state index contributed by atoms with van der Waals surface area (Å²) in [5.74, 6) is 1.59. The first-order valence-corrected chi connectivity index (χ1v) is 7.84.